The number of amides is 1. The van der Waals surface area contributed by atoms with Crippen LogP contribution < -0.4 is 15.8 Å². The molecule has 4 atom stereocenters. The van der Waals surface area contributed by atoms with Gasteiger partial charge in [0.1, 0.15) is 36.1 Å². The van der Waals surface area contributed by atoms with E-state index in [0.29, 0.717) is 22.8 Å². The maximum absolute atomic E-state index is 14.8. The summed E-state index contributed by atoms with van der Waals surface area (Å²) in [5.41, 5.74) is 8.40. The highest BCUT2D eigenvalue weighted by Gasteiger charge is 2.29. The highest BCUT2D eigenvalue weighted by molar-refractivity contribution is 14.1. The summed E-state index contributed by atoms with van der Waals surface area (Å²) in [6.45, 7) is 1.47. The first-order chi connectivity index (χ1) is 19.2. The lowest BCUT2D eigenvalue weighted by molar-refractivity contribution is -0.123. The molecule has 0 aliphatic rings. The van der Waals surface area contributed by atoms with Crippen molar-refractivity contribution in [1.29, 1.82) is 0 Å². The molecule has 8 nitrogen and oxygen atoms in total. The van der Waals surface area contributed by atoms with Gasteiger partial charge in [-0.1, -0.05) is 61.0 Å². The van der Waals surface area contributed by atoms with Crippen LogP contribution >= 0.6 is 34.2 Å². The molecule has 6 N–H and O–H groups in total. The molecule has 0 bridgehead atoms. The largest absolute Gasteiger partial charge is 0.491 e. The van der Waals surface area contributed by atoms with Gasteiger partial charge in [-0.3, -0.25) is 4.79 Å². The molecule has 0 aliphatic heterocycles. The van der Waals surface area contributed by atoms with E-state index in [9.17, 15) is 14.3 Å². The van der Waals surface area contributed by atoms with Crippen LogP contribution in [0.25, 0.3) is 11.3 Å². The van der Waals surface area contributed by atoms with E-state index in [1.165, 1.54) is 6.07 Å². The molecule has 0 saturated carbocycles. The van der Waals surface area contributed by atoms with Gasteiger partial charge in [-0.05, 0) is 64.0 Å². The van der Waals surface area contributed by atoms with Crippen molar-refractivity contribution in [3.63, 3.8) is 0 Å². The number of halogens is 3. The number of imidazole rings is 1. The highest BCUT2D eigenvalue weighted by Crippen LogP contribution is 2.35. The Labute approximate surface area is 249 Å². The molecule has 0 fully saturated rings. The summed E-state index contributed by atoms with van der Waals surface area (Å²) in [5.74, 6) is -0.323. The van der Waals surface area contributed by atoms with E-state index in [0.717, 1.165) is 9.13 Å². The van der Waals surface area contributed by atoms with Crippen LogP contribution in [-0.2, 0) is 4.79 Å². The first kappa shape index (κ1) is 29.9. The molecular formula is C29H29ClFIN4O4. The van der Waals surface area contributed by atoms with Crippen molar-refractivity contribution < 1.29 is 24.1 Å². The summed E-state index contributed by atoms with van der Waals surface area (Å²) < 4.78 is 20.9. The van der Waals surface area contributed by atoms with Crippen LogP contribution in [0.15, 0.2) is 72.8 Å². The monoisotopic (exact) mass is 678 g/mol. The Bertz CT molecular complexity index is 1440. The molecule has 3 aromatic carbocycles. The Morgan fingerprint density at radius 3 is 2.50 bits per heavy atom. The fraction of sp³-hybridized carbons (Fsp3) is 0.241. The van der Waals surface area contributed by atoms with Gasteiger partial charge in [-0.15, -0.1) is 0 Å². The second kappa shape index (κ2) is 13.6. The summed E-state index contributed by atoms with van der Waals surface area (Å²) >= 11 is 8.49. The summed E-state index contributed by atoms with van der Waals surface area (Å²) in [4.78, 5) is 21.0. The maximum atomic E-state index is 14.8. The number of aromatic nitrogens is 2. The molecule has 210 valence electrons. The van der Waals surface area contributed by atoms with Gasteiger partial charge in [0.25, 0.3) is 0 Å². The minimum absolute atomic E-state index is 0.0682. The number of aliphatic hydroxyl groups is 2. The van der Waals surface area contributed by atoms with Crippen molar-refractivity contribution in [3.8, 4) is 17.0 Å². The Morgan fingerprint density at radius 1 is 1.15 bits per heavy atom. The summed E-state index contributed by atoms with van der Waals surface area (Å²) in [7, 11) is 0. The van der Waals surface area contributed by atoms with Crippen LogP contribution in [0.3, 0.4) is 0 Å². The number of aromatic amines is 1. The molecule has 1 amide bonds. The molecule has 0 radical (unpaired) electrons. The van der Waals surface area contributed by atoms with Gasteiger partial charge in [0.05, 0.1) is 18.3 Å². The Morgan fingerprint density at radius 2 is 1.85 bits per heavy atom. The number of hydrogen-bond acceptors (Lipinski definition) is 6. The quantitative estimate of drug-likeness (QED) is 0.144. The fourth-order valence-corrected chi connectivity index (χ4v) is 4.87. The third-order valence-corrected chi connectivity index (χ3v) is 7.42. The number of benzene rings is 3. The Hall–Kier alpha value is -3.03. The van der Waals surface area contributed by atoms with E-state index >= 15 is 0 Å². The van der Waals surface area contributed by atoms with Crippen LogP contribution in [0.1, 0.15) is 41.9 Å². The molecule has 1 aromatic heterocycles. The molecule has 4 aromatic rings. The smallest absolute Gasteiger partial charge is 0.242 e. The highest BCUT2D eigenvalue weighted by atomic mass is 127. The van der Waals surface area contributed by atoms with E-state index in [2.05, 4.69) is 15.3 Å². The fourth-order valence-electron chi connectivity index (χ4n) is 4.18. The van der Waals surface area contributed by atoms with E-state index in [1.807, 2.05) is 59.8 Å². The molecule has 4 rings (SSSR count). The summed E-state index contributed by atoms with van der Waals surface area (Å²) in [6, 6.07) is 19.3. The van der Waals surface area contributed by atoms with Crippen LogP contribution in [0.5, 0.6) is 5.75 Å². The van der Waals surface area contributed by atoms with Gasteiger partial charge >= 0.3 is 0 Å². The van der Waals surface area contributed by atoms with Gasteiger partial charge in [0, 0.05) is 15.1 Å². The van der Waals surface area contributed by atoms with E-state index < -0.39 is 36.5 Å². The number of nitrogens with two attached hydrogens (primary N) is 1. The third-order valence-electron chi connectivity index (χ3n) is 6.47. The second-order valence-corrected chi connectivity index (χ2v) is 10.9. The molecule has 0 spiro atoms. The number of carbonyl (C=O) groups excluding carboxylic acids is 1. The van der Waals surface area contributed by atoms with Crippen LogP contribution in [0, 0.1) is 9.39 Å². The number of rotatable bonds is 11. The van der Waals surface area contributed by atoms with Crippen LogP contribution in [-0.4, -0.2) is 45.4 Å². The van der Waals surface area contributed by atoms with Gasteiger partial charge in [-0.2, -0.15) is 0 Å². The minimum Gasteiger partial charge on any atom is -0.491 e. The SMILES string of the molecule is C[C@@H](c1ccccc1)[C@H](NC(=O)[C@H](N)c1ccc(OC[C@@H](O)CO)cc1)c1nc(Cl)c(-c2ccc(I)cc2F)[nH]1. The van der Waals surface area contributed by atoms with E-state index in [-0.39, 0.29) is 23.2 Å². The van der Waals surface area contributed by atoms with Crippen molar-refractivity contribution in [1.82, 2.24) is 15.3 Å². The lowest BCUT2D eigenvalue weighted by atomic mass is 9.92. The predicted octanol–water partition coefficient (Wildman–Crippen LogP) is 4.87. The van der Waals surface area contributed by atoms with E-state index in [1.54, 1.807) is 36.4 Å². The number of nitrogens with one attached hydrogen (secondary N) is 2. The topological polar surface area (TPSA) is 133 Å². The average molecular weight is 679 g/mol. The maximum Gasteiger partial charge on any atom is 0.242 e. The van der Waals surface area contributed by atoms with Crippen LogP contribution in [0.4, 0.5) is 4.39 Å². The Balaban J connectivity index is 1.59. The van der Waals surface area contributed by atoms with Gasteiger partial charge in [0.15, 0.2) is 5.15 Å². The van der Waals surface area contributed by atoms with Gasteiger partial charge < -0.3 is 31.0 Å². The number of hydrogen-bond donors (Lipinski definition) is 5. The van der Waals surface area contributed by atoms with Crippen LogP contribution in [0.2, 0.25) is 5.15 Å². The Kier molecular flexibility index (Phi) is 10.1. The van der Waals surface area contributed by atoms with Crippen molar-refractivity contribution >= 4 is 40.1 Å². The number of aliphatic hydroxyl groups excluding tert-OH is 2. The zero-order valence-electron chi connectivity index (χ0n) is 21.5. The van der Waals surface area contributed by atoms with E-state index in [4.69, 9.17) is 27.2 Å². The number of H-pyrrole nitrogens is 1. The molecule has 11 heteroatoms. The summed E-state index contributed by atoms with van der Waals surface area (Å²) in [5, 5.41) is 21.5. The number of ether oxygens (including phenoxy) is 1. The molecular weight excluding hydrogens is 650 g/mol. The number of nitrogens with zero attached hydrogens (tertiary/aromatic N) is 1. The van der Waals surface area contributed by atoms with Gasteiger partial charge in [-0.25, -0.2) is 9.37 Å². The first-order valence-corrected chi connectivity index (χ1v) is 14.0. The normalized spacial score (nSPS) is 14.3. The predicted molar refractivity (Wildman–Crippen MR) is 159 cm³/mol. The average Bonchev–Trinajstić information content (AvgIpc) is 3.35. The van der Waals surface area contributed by atoms with Crippen molar-refractivity contribution in [2.24, 2.45) is 5.73 Å². The van der Waals surface area contributed by atoms with Crippen molar-refractivity contribution in [3.05, 3.63) is 104 Å². The molecule has 0 saturated heterocycles. The zero-order chi connectivity index (χ0) is 28.8. The standard InChI is InChI=1S/C29H29ClFIN4O4/c1-16(17-5-3-2-4-6-17)25(28-34-26(27(30)36-28)22-12-9-19(32)13-23(22)31)35-29(39)24(33)18-7-10-21(11-8-18)40-15-20(38)14-37/h2-13,16,20,24-25,37-38H,14-15,33H2,1H3,(H,34,36)(H,35,39)/t16-,20-,24+,25-/m0/s1. The second-order valence-electron chi connectivity index (χ2n) is 9.29. The summed E-state index contributed by atoms with van der Waals surface area (Å²) in [6.07, 6.45) is -0.992. The minimum atomic E-state index is -1.01. The lowest BCUT2D eigenvalue weighted by Crippen LogP contribution is -2.39. The molecule has 1 heterocycles. The molecule has 0 unspecified atom stereocenters. The van der Waals surface area contributed by atoms with Crippen molar-refractivity contribution in [2.45, 2.75) is 31.0 Å². The molecule has 0 aliphatic carbocycles. The first-order valence-electron chi connectivity index (χ1n) is 12.5. The third kappa shape index (κ3) is 7.18. The zero-order valence-corrected chi connectivity index (χ0v) is 24.4. The lowest BCUT2D eigenvalue weighted by Gasteiger charge is -2.25. The van der Waals surface area contributed by atoms with Crippen molar-refractivity contribution in [2.75, 3.05) is 13.2 Å². The van der Waals surface area contributed by atoms with Gasteiger partial charge in [0.2, 0.25) is 5.91 Å². The molecule has 40 heavy (non-hydrogen) atoms. The number of carbonyl (C=O) groups is 1.